The van der Waals surface area contributed by atoms with Crippen molar-refractivity contribution in [1.29, 1.82) is 0 Å². The lowest BCUT2D eigenvalue weighted by atomic mass is 9.99. The molecule has 148 valence electrons. The lowest BCUT2D eigenvalue weighted by Crippen LogP contribution is -2.52. The average molecular weight is 377 g/mol. The molecule has 8 nitrogen and oxygen atoms in total. The van der Waals surface area contributed by atoms with Crippen LogP contribution in [0.25, 0.3) is 0 Å². The van der Waals surface area contributed by atoms with E-state index in [-0.39, 0.29) is 18.5 Å². The number of carbonyl (C=O) groups excluding carboxylic acids is 2. The van der Waals surface area contributed by atoms with Crippen molar-refractivity contribution in [2.75, 3.05) is 33.2 Å². The lowest BCUT2D eigenvalue weighted by molar-refractivity contribution is -0.139. The summed E-state index contributed by atoms with van der Waals surface area (Å²) in [6.07, 6.45) is -0.426. The Bertz CT molecular complexity index is 714. The van der Waals surface area contributed by atoms with Gasteiger partial charge in [-0.05, 0) is 38.5 Å². The number of rotatable bonds is 4. The van der Waals surface area contributed by atoms with Crippen LogP contribution in [0.15, 0.2) is 24.3 Å². The summed E-state index contributed by atoms with van der Waals surface area (Å²) in [6, 6.07) is 6.68. The molecule has 0 spiro atoms. The number of piperazine rings is 1. The Morgan fingerprint density at radius 1 is 1.26 bits per heavy atom. The molecule has 1 aromatic rings. The van der Waals surface area contributed by atoms with Crippen LogP contribution in [0, 0.1) is 0 Å². The molecule has 0 radical (unpaired) electrons. The zero-order valence-electron chi connectivity index (χ0n) is 16.2. The van der Waals surface area contributed by atoms with Crippen molar-refractivity contribution in [2.24, 2.45) is 0 Å². The van der Waals surface area contributed by atoms with Crippen LogP contribution in [0.1, 0.15) is 42.7 Å². The zero-order chi connectivity index (χ0) is 20.2. The number of carboxylic acid groups (broad SMARTS) is 1. The fourth-order valence-corrected chi connectivity index (χ4v) is 3.02. The monoisotopic (exact) mass is 377 g/mol. The third-order valence-electron chi connectivity index (χ3n) is 4.24. The van der Waals surface area contributed by atoms with Crippen LogP contribution in [0.2, 0.25) is 0 Å². The van der Waals surface area contributed by atoms with Gasteiger partial charge in [-0.1, -0.05) is 12.1 Å². The molecule has 1 aliphatic heterocycles. The van der Waals surface area contributed by atoms with Crippen molar-refractivity contribution in [3.05, 3.63) is 35.4 Å². The van der Waals surface area contributed by atoms with Crippen LogP contribution >= 0.6 is 0 Å². The highest BCUT2D eigenvalue weighted by Crippen LogP contribution is 2.27. The van der Waals surface area contributed by atoms with E-state index in [1.807, 2.05) is 6.07 Å². The second-order valence-electron chi connectivity index (χ2n) is 7.51. The third-order valence-corrected chi connectivity index (χ3v) is 4.24. The molecule has 0 aromatic heterocycles. The van der Waals surface area contributed by atoms with Gasteiger partial charge in [-0.2, -0.15) is 0 Å². The van der Waals surface area contributed by atoms with Gasteiger partial charge in [0.2, 0.25) is 0 Å². The Kier molecular flexibility index (Phi) is 6.43. The number of amides is 2. The molecule has 1 saturated heterocycles. The van der Waals surface area contributed by atoms with Crippen LogP contribution in [-0.2, 0) is 9.53 Å². The van der Waals surface area contributed by atoms with E-state index in [2.05, 4.69) is 5.32 Å². The van der Waals surface area contributed by atoms with E-state index in [9.17, 15) is 19.5 Å². The summed E-state index contributed by atoms with van der Waals surface area (Å²) in [7, 11) is 1.55. The standard InChI is InChI=1S/C19H27N3O5/c1-19(2,3)27-18(26)22-9-8-21(12-16(23)24)15(11-22)13-6-5-7-14(10-13)17(25)20-4/h5-7,10,15H,8-9,11-12H2,1-4H3,(H,20,25)(H,23,24). The highest BCUT2D eigenvalue weighted by molar-refractivity contribution is 5.94. The molecule has 2 N–H and O–H groups in total. The molecular weight excluding hydrogens is 350 g/mol. The van der Waals surface area contributed by atoms with Crippen molar-refractivity contribution < 1.29 is 24.2 Å². The van der Waals surface area contributed by atoms with Gasteiger partial charge < -0.3 is 20.1 Å². The maximum atomic E-state index is 12.4. The molecule has 1 atom stereocenters. The summed E-state index contributed by atoms with van der Waals surface area (Å²) in [4.78, 5) is 39.0. The number of aliphatic carboxylic acids is 1. The first kappa shape index (κ1) is 20.7. The van der Waals surface area contributed by atoms with Crippen LogP contribution in [0.3, 0.4) is 0 Å². The van der Waals surface area contributed by atoms with Gasteiger partial charge in [-0.3, -0.25) is 14.5 Å². The van der Waals surface area contributed by atoms with E-state index in [4.69, 9.17) is 4.74 Å². The first-order valence-corrected chi connectivity index (χ1v) is 8.86. The first-order valence-electron chi connectivity index (χ1n) is 8.86. The first-order chi connectivity index (χ1) is 12.6. The van der Waals surface area contributed by atoms with E-state index >= 15 is 0 Å². The second kappa shape index (κ2) is 8.39. The zero-order valence-corrected chi connectivity index (χ0v) is 16.2. The van der Waals surface area contributed by atoms with Gasteiger partial charge in [-0.15, -0.1) is 0 Å². The topological polar surface area (TPSA) is 99.2 Å². The maximum absolute atomic E-state index is 12.4. The number of carbonyl (C=O) groups is 3. The van der Waals surface area contributed by atoms with Gasteiger partial charge in [0, 0.05) is 32.2 Å². The molecule has 1 aromatic carbocycles. The quantitative estimate of drug-likeness (QED) is 0.829. The number of carboxylic acids is 1. The predicted molar refractivity (Wildman–Crippen MR) is 99.6 cm³/mol. The Morgan fingerprint density at radius 3 is 2.56 bits per heavy atom. The minimum atomic E-state index is -0.937. The minimum absolute atomic E-state index is 0.142. The second-order valence-corrected chi connectivity index (χ2v) is 7.51. The smallest absolute Gasteiger partial charge is 0.410 e. The number of hydrogen-bond donors (Lipinski definition) is 2. The number of hydrogen-bond acceptors (Lipinski definition) is 5. The SMILES string of the molecule is CNC(=O)c1cccc(C2CN(C(=O)OC(C)(C)C)CCN2CC(=O)O)c1. The van der Waals surface area contributed by atoms with Gasteiger partial charge in [-0.25, -0.2) is 4.79 Å². The molecular formula is C19H27N3O5. The van der Waals surface area contributed by atoms with Crippen LogP contribution < -0.4 is 5.32 Å². The Labute approximate surface area is 159 Å². The Hall–Kier alpha value is -2.61. The summed E-state index contributed by atoms with van der Waals surface area (Å²) in [6.45, 7) is 6.34. The number of benzene rings is 1. The van der Waals surface area contributed by atoms with Gasteiger partial charge >= 0.3 is 12.1 Å². The minimum Gasteiger partial charge on any atom is -0.480 e. The highest BCUT2D eigenvalue weighted by Gasteiger charge is 2.33. The van der Waals surface area contributed by atoms with Crippen LogP contribution in [0.4, 0.5) is 4.79 Å². The summed E-state index contributed by atoms with van der Waals surface area (Å²) >= 11 is 0. The van der Waals surface area contributed by atoms with E-state index < -0.39 is 17.7 Å². The molecule has 0 saturated carbocycles. The van der Waals surface area contributed by atoms with E-state index in [1.165, 1.54) is 0 Å². The summed E-state index contributed by atoms with van der Waals surface area (Å²) < 4.78 is 5.45. The molecule has 2 rings (SSSR count). The molecule has 1 heterocycles. The van der Waals surface area contributed by atoms with Gasteiger partial charge in [0.1, 0.15) is 5.60 Å². The van der Waals surface area contributed by atoms with Crippen molar-refractivity contribution in [1.82, 2.24) is 15.1 Å². The van der Waals surface area contributed by atoms with E-state index in [1.54, 1.807) is 55.8 Å². The predicted octanol–water partition coefficient (Wildman–Crippen LogP) is 1.72. The van der Waals surface area contributed by atoms with Crippen LogP contribution in [0.5, 0.6) is 0 Å². The summed E-state index contributed by atoms with van der Waals surface area (Å²) in [5.41, 5.74) is 0.662. The van der Waals surface area contributed by atoms with Gasteiger partial charge in [0.15, 0.2) is 0 Å². The molecule has 1 unspecified atom stereocenters. The average Bonchev–Trinajstić information content (AvgIpc) is 2.59. The highest BCUT2D eigenvalue weighted by atomic mass is 16.6. The van der Waals surface area contributed by atoms with Crippen molar-refractivity contribution in [3.63, 3.8) is 0 Å². The molecule has 0 aliphatic carbocycles. The van der Waals surface area contributed by atoms with E-state index in [0.29, 0.717) is 25.2 Å². The maximum Gasteiger partial charge on any atom is 0.410 e. The Morgan fingerprint density at radius 2 is 1.96 bits per heavy atom. The summed E-state index contributed by atoms with van der Waals surface area (Å²) in [5.74, 6) is -1.16. The van der Waals surface area contributed by atoms with Crippen molar-refractivity contribution in [2.45, 2.75) is 32.4 Å². The fraction of sp³-hybridized carbons (Fsp3) is 0.526. The van der Waals surface area contributed by atoms with Crippen molar-refractivity contribution >= 4 is 18.0 Å². The molecule has 2 amide bonds. The molecule has 1 aliphatic rings. The number of ether oxygens (including phenoxy) is 1. The molecule has 0 bridgehead atoms. The Balaban J connectivity index is 2.27. The van der Waals surface area contributed by atoms with E-state index in [0.717, 1.165) is 5.56 Å². The van der Waals surface area contributed by atoms with Crippen molar-refractivity contribution in [3.8, 4) is 0 Å². The number of nitrogens with zero attached hydrogens (tertiary/aromatic N) is 2. The lowest BCUT2D eigenvalue weighted by Gasteiger charge is -2.41. The number of nitrogens with one attached hydrogen (secondary N) is 1. The third kappa shape index (κ3) is 5.68. The van der Waals surface area contributed by atoms with Gasteiger partial charge in [0.25, 0.3) is 5.91 Å². The summed E-state index contributed by atoms with van der Waals surface area (Å²) in [5, 5.41) is 11.8. The molecule has 27 heavy (non-hydrogen) atoms. The fourth-order valence-electron chi connectivity index (χ4n) is 3.02. The normalized spacial score (nSPS) is 18.1. The van der Waals surface area contributed by atoms with Gasteiger partial charge in [0.05, 0.1) is 12.6 Å². The molecule has 1 fully saturated rings. The molecule has 8 heteroatoms. The van der Waals surface area contributed by atoms with Crippen LogP contribution in [-0.4, -0.2) is 71.7 Å². The largest absolute Gasteiger partial charge is 0.480 e.